The first-order valence-corrected chi connectivity index (χ1v) is 5.97. The summed E-state index contributed by atoms with van der Waals surface area (Å²) in [4.78, 5) is 0. The number of ether oxygens (including phenoxy) is 1. The number of aliphatic hydroxyl groups is 7. The van der Waals surface area contributed by atoms with E-state index in [1.807, 2.05) is 0 Å². The van der Waals surface area contributed by atoms with Gasteiger partial charge in [-0.15, -0.1) is 0 Å². The van der Waals surface area contributed by atoms with E-state index in [2.05, 4.69) is 4.74 Å². The Morgan fingerprint density at radius 1 is 1.20 bits per heavy atom. The van der Waals surface area contributed by atoms with Crippen LogP contribution in [0.4, 0.5) is 0 Å². The molecule has 1 heterocycles. The number of aliphatic hydroxyl groups excluding tert-OH is 6. The molecule has 0 saturated carbocycles. The van der Waals surface area contributed by atoms with E-state index in [1.165, 1.54) is 6.92 Å². The number of hydrogen-bond donors (Lipinski definition) is 9. The van der Waals surface area contributed by atoms with Gasteiger partial charge in [-0.3, -0.25) is 5.73 Å². The molecule has 1 fully saturated rings. The number of hydrogen-bond acceptors (Lipinski definition) is 10. The lowest BCUT2D eigenvalue weighted by molar-refractivity contribution is -0.311. The lowest BCUT2D eigenvalue weighted by Gasteiger charge is -2.43. The van der Waals surface area contributed by atoms with E-state index in [9.17, 15) is 15.3 Å². The van der Waals surface area contributed by atoms with E-state index < -0.39 is 49.1 Å². The molecule has 11 N–H and O–H groups in total. The molecule has 1 rings (SSSR count). The van der Waals surface area contributed by atoms with Crippen molar-refractivity contribution in [2.75, 3.05) is 13.2 Å². The molecule has 0 spiro atoms. The maximum atomic E-state index is 9.28. The molecule has 122 valence electrons. The van der Waals surface area contributed by atoms with E-state index in [0.29, 0.717) is 0 Å². The van der Waals surface area contributed by atoms with Gasteiger partial charge < -0.3 is 46.2 Å². The van der Waals surface area contributed by atoms with E-state index in [0.717, 1.165) is 0 Å². The fourth-order valence-corrected chi connectivity index (χ4v) is 1.37. The highest BCUT2D eigenvalue weighted by atomic mass is 16.7. The zero-order chi connectivity index (χ0) is 16.1. The van der Waals surface area contributed by atoms with Crippen molar-refractivity contribution in [2.45, 2.75) is 49.4 Å². The predicted octanol–water partition coefficient (Wildman–Crippen LogP) is -5.25. The maximum absolute atomic E-state index is 9.28. The third-order valence-corrected chi connectivity index (χ3v) is 2.84. The van der Waals surface area contributed by atoms with Crippen LogP contribution in [0.3, 0.4) is 0 Å². The molecule has 7 atom stereocenters. The van der Waals surface area contributed by atoms with E-state index in [4.69, 9.17) is 31.9 Å². The summed E-state index contributed by atoms with van der Waals surface area (Å²) in [5.41, 5.74) is 10.4. The van der Waals surface area contributed by atoms with Crippen LogP contribution in [0.5, 0.6) is 0 Å². The number of rotatable bonds is 3. The molecule has 0 aliphatic carbocycles. The van der Waals surface area contributed by atoms with Crippen LogP contribution >= 0.6 is 0 Å². The minimum atomic E-state index is -2.23. The molecule has 0 aromatic heterocycles. The van der Waals surface area contributed by atoms with Crippen LogP contribution < -0.4 is 11.5 Å². The monoisotopic (exact) mass is 300 g/mol. The second-order valence-corrected chi connectivity index (χ2v) is 4.59. The standard InChI is InChI=1S/C6H14N2O5.C4H10O3/c7-5-4(11)3(10)2(1-9)13-6(5,8)12;1-3(6)4(7)2-5/h2-5,9-12H,1,7-8H2;3-7H,2H2,1H3/t2-,3-,4+,5-,6?;/m1./s1. The molecule has 10 heteroatoms. The van der Waals surface area contributed by atoms with Crippen molar-refractivity contribution in [3.63, 3.8) is 0 Å². The topological polar surface area (TPSA) is 203 Å². The molecule has 3 unspecified atom stereocenters. The van der Waals surface area contributed by atoms with Crippen LogP contribution in [-0.4, -0.2) is 91.4 Å². The SMILES string of the molecule is CC(O)C(O)CO.N[C@@H]1[C@@H](O)[C@H](O)[C@@H](CO)OC1(N)O. The zero-order valence-corrected chi connectivity index (χ0v) is 11.1. The first-order valence-electron chi connectivity index (χ1n) is 5.97. The third kappa shape index (κ3) is 5.18. The second-order valence-electron chi connectivity index (χ2n) is 4.59. The summed E-state index contributed by atoms with van der Waals surface area (Å²) in [6.07, 6.45) is -5.74. The normalized spacial score (nSPS) is 40.5. The van der Waals surface area contributed by atoms with E-state index in [-0.39, 0.29) is 6.61 Å². The molecular formula is C10H24N2O8. The van der Waals surface area contributed by atoms with Crippen LogP contribution in [0.15, 0.2) is 0 Å². The summed E-state index contributed by atoms with van der Waals surface area (Å²) < 4.78 is 4.67. The van der Waals surface area contributed by atoms with Gasteiger partial charge in [0.15, 0.2) is 0 Å². The third-order valence-electron chi connectivity index (χ3n) is 2.84. The molecule has 0 amide bonds. The van der Waals surface area contributed by atoms with Crippen molar-refractivity contribution in [1.82, 2.24) is 0 Å². The van der Waals surface area contributed by atoms with Gasteiger partial charge in [0.1, 0.15) is 30.5 Å². The van der Waals surface area contributed by atoms with Crippen LogP contribution in [0.2, 0.25) is 0 Å². The van der Waals surface area contributed by atoms with Crippen LogP contribution in [0.1, 0.15) is 6.92 Å². The Hall–Kier alpha value is -0.400. The van der Waals surface area contributed by atoms with Crippen molar-refractivity contribution in [2.24, 2.45) is 11.5 Å². The van der Waals surface area contributed by atoms with Gasteiger partial charge in [0.2, 0.25) is 5.91 Å². The second kappa shape index (κ2) is 8.14. The van der Waals surface area contributed by atoms with Gasteiger partial charge in [-0.1, -0.05) is 0 Å². The summed E-state index contributed by atoms with van der Waals surface area (Å²) in [6.45, 7) is 0.475. The molecule has 0 aromatic rings. The van der Waals surface area contributed by atoms with Gasteiger partial charge in [-0.05, 0) is 6.92 Å². The Morgan fingerprint density at radius 3 is 2.00 bits per heavy atom. The average Bonchev–Trinajstić information content (AvgIpc) is 2.40. The Kier molecular flexibility index (Phi) is 7.98. The van der Waals surface area contributed by atoms with E-state index in [1.54, 1.807) is 0 Å². The highest BCUT2D eigenvalue weighted by molar-refractivity contribution is 4.95. The zero-order valence-electron chi connectivity index (χ0n) is 11.1. The van der Waals surface area contributed by atoms with Gasteiger partial charge in [0, 0.05) is 0 Å². The van der Waals surface area contributed by atoms with Crippen molar-refractivity contribution >= 4 is 0 Å². The van der Waals surface area contributed by atoms with Crippen molar-refractivity contribution in [1.29, 1.82) is 0 Å². The first kappa shape index (κ1) is 19.6. The molecular weight excluding hydrogens is 276 g/mol. The summed E-state index contributed by atoms with van der Waals surface area (Å²) >= 11 is 0. The van der Waals surface area contributed by atoms with Crippen LogP contribution in [0.25, 0.3) is 0 Å². The van der Waals surface area contributed by atoms with Gasteiger partial charge in [-0.2, -0.15) is 0 Å². The summed E-state index contributed by atoms with van der Waals surface area (Å²) in [5.74, 6) is -2.23. The molecule has 0 aromatic carbocycles. The Morgan fingerprint density at radius 2 is 1.70 bits per heavy atom. The average molecular weight is 300 g/mol. The largest absolute Gasteiger partial charge is 0.394 e. The Labute approximate surface area is 115 Å². The predicted molar refractivity (Wildman–Crippen MR) is 65.9 cm³/mol. The summed E-state index contributed by atoms with van der Waals surface area (Å²) in [6, 6.07) is -1.31. The quantitative estimate of drug-likeness (QED) is 0.226. The minimum absolute atomic E-state index is 0.377. The van der Waals surface area contributed by atoms with Crippen molar-refractivity contribution < 1.29 is 40.5 Å². The maximum Gasteiger partial charge on any atom is 0.241 e. The molecule has 0 bridgehead atoms. The molecule has 1 saturated heterocycles. The lowest BCUT2D eigenvalue weighted by atomic mass is 9.95. The van der Waals surface area contributed by atoms with E-state index >= 15 is 0 Å². The van der Waals surface area contributed by atoms with Gasteiger partial charge in [0.05, 0.1) is 19.3 Å². The smallest absolute Gasteiger partial charge is 0.241 e. The van der Waals surface area contributed by atoms with Crippen molar-refractivity contribution in [3.05, 3.63) is 0 Å². The fourth-order valence-electron chi connectivity index (χ4n) is 1.37. The minimum Gasteiger partial charge on any atom is -0.394 e. The first-order chi connectivity index (χ1) is 9.08. The van der Waals surface area contributed by atoms with Gasteiger partial charge in [0.25, 0.3) is 0 Å². The molecule has 10 nitrogen and oxygen atoms in total. The highest BCUT2D eigenvalue weighted by Gasteiger charge is 2.49. The van der Waals surface area contributed by atoms with Crippen molar-refractivity contribution in [3.8, 4) is 0 Å². The number of nitrogens with two attached hydrogens (primary N) is 2. The van der Waals surface area contributed by atoms with Gasteiger partial charge >= 0.3 is 0 Å². The van der Waals surface area contributed by atoms with Crippen LogP contribution in [0, 0.1) is 0 Å². The lowest BCUT2D eigenvalue weighted by Crippen LogP contribution is -2.72. The summed E-state index contributed by atoms with van der Waals surface area (Å²) in [7, 11) is 0. The molecule has 1 aliphatic rings. The van der Waals surface area contributed by atoms with Gasteiger partial charge in [-0.25, -0.2) is 0 Å². The fraction of sp³-hybridized carbons (Fsp3) is 1.00. The Balaban J connectivity index is 0.000000441. The highest BCUT2D eigenvalue weighted by Crippen LogP contribution is 2.22. The van der Waals surface area contributed by atoms with Crippen LogP contribution in [-0.2, 0) is 4.74 Å². The summed E-state index contributed by atoms with van der Waals surface area (Å²) in [5, 5.41) is 61.5. The molecule has 20 heavy (non-hydrogen) atoms. The molecule has 1 aliphatic heterocycles. The Bertz CT molecular complexity index is 276. The molecule has 0 radical (unpaired) electrons.